The Balaban J connectivity index is 1.49. The molecule has 0 radical (unpaired) electrons. The lowest BCUT2D eigenvalue weighted by Gasteiger charge is -2.39. The van der Waals surface area contributed by atoms with Crippen LogP contribution < -0.4 is 11.2 Å². The molecule has 2 heterocycles. The lowest BCUT2D eigenvalue weighted by atomic mass is 9.96. The minimum absolute atomic E-state index is 0.158. The topological polar surface area (TPSA) is 78.4 Å². The predicted molar refractivity (Wildman–Crippen MR) is 114 cm³/mol. The van der Waals surface area contributed by atoms with Gasteiger partial charge in [-0.3, -0.25) is 24.0 Å². The zero-order valence-corrected chi connectivity index (χ0v) is 17.2. The zero-order valence-electron chi connectivity index (χ0n) is 17.2. The minimum Gasteiger partial charge on any atom is -0.339 e. The van der Waals surface area contributed by atoms with E-state index in [1.807, 2.05) is 0 Å². The number of hydrogen-bond acceptors (Lipinski definition) is 4. The molecule has 0 saturated carbocycles. The molecule has 0 atom stereocenters. The van der Waals surface area contributed by atoms with Crippen molar-refractivity contribution in [2.45, 2.75) is 12.6 Å². The van der Waals surface area contributed by atoms with E-state index >= 15 is 0 Å². The number of halogens is 2. The highest BCUT2D eigenvalue weighted by atomic mass is 19.1. The minimum atomic E-state index is -0.628. The summed E-state index contributed by atoms with van der Waals surface area (Å²) in [4.78, 5) is 41.7. The number of carbonyl (C=O) groups is 1. The number of amides is 1. The number of benzene rings is 2. The Bertz CT molecular complexity index is 1150. The van der Waals surface area contributed by atoms with Gasteiger partial charge in [-0.15, -0.1) is 0 Å². The first-order valence-electron chi connectivity index (χ1n) is 10.2. The van der Waals surface area contributed by atoms with Gasteiger partial charge in [-0.2, -0.15) is 0 Å². The monoisotopic (exact) mass is 440 g/mol. The molecular formula is C23H22F2N4O3. The quantitative estimate of drug-likeness (QED) is 0.656. The Morgan fingerprint density at radius 2 is 1.38 bits per heavy atom. The Kier molecular flexibility index (Phi) is 6.27. The van der Waals surface area contributed by atoms with Crippen LogP contribution in [0.15, 0.2) is 70.4 Å². The number of carbonyl (C=O) groups excluding carboxylic acids is 1. The van der Waals surface area contributed by atoms with E-state index in [-0.39, 0.29) is 30.1 Å². The van der Waals surface area contributed by atoms with Gasteiger partial charge in [0, 0.05) is 38.4 Å². The number of nitrogens with zero attached hydrogens (tertiary/aromatic N) is 3. The van der Waals surface area contributed by atoms with Crippen LogP contribution in [0.4, 0.5) is 8.78 Å². The molecule has 1 aliphatic rings. The summed E-state index contributed by atoms with van der Waals surface area (Å²) < 4.78 is 28.1. The van der Waals surface area contributed by atoms with Gasteiger partial charge in [0.25, 0.3) is 5.56 Å². The van der Waals surface area contributed by atoms with Crippen LogP contribution in [-0.2, 0) is 11.3 Å². The van der Waals surface area contributed by atoms with Crippen LogP contribution >= 0.6 is 0 Å². The van der Waals surface area contributed by atoms with Crippen LogP contribution in [0.5, 0.6) is 0 Å². The number of H-pyrrole nitrogens is 1. The molecule has 0 aliphatic carbocycles. The molecule has 166 valence electrons. The van der Waals surface area contributed by atoms with E-state index in [2.05, 4.69) is 9.88 Å². The number of aromatic nitrogens is 2. The van der Waals surface area contributed by atoms with Gasteiger partial charge in [0.05, 0.1) is 6.04 Å². The number of rotatable bonds is 5. The fourth-order valence-electron chi connectivity index (χ4n) is 3.95. The SMILES string of the molecule is O=C(Cn1ccc(=O)[nH]c1=O)N1CCN(C(c2ccc(F)cc2)c2ccc(F)cc2)CC1. The van der Waals surface area contributed by atoms with Crippen molar-refractivity contribution in [2.24, 2.45) is 0 Å². The highest BCUT2D eigenvalue weighted by Gasteiger charge is 2.28. The largest absolute Gasteiger partial charge is 0.339 e. The smallest absolute Gasteiger partial charge is 0.328 e. The maximum absolute atomic E-state index is 13.5. The van der Waals surface area contributed by atoms with Gasteiger partial charge < -0.3 is 4.90 Å². The van der Waals surface area contributed by atoms with Crippen molar-refractivity contribution in [3.63, 3.8) is 0 Å². The maximum Gasteiger partial charge on any atom is 0.328 e. The molecule has 7 nitrogen and oxygen atoms in total. The van der Waals surface area contributed by atoms with Crippen molar-refractivity contribution in [3.8, 4) is 0 Å². The second-order valence-electron chi connectivity index (χ2n) is 7.66. The van der Waals surface area contributed by atoms with Crippen molar-refractivity contribution in [1.29, 1.82) is 0 Å². The number of aromatic amines is 1. The summed E-state index contributed by atoms with van der Waals surface area (Å²) in [5.74, 6) is -0.891. The fourth-order valence-corrected chi connectivity index (χ4v) is 3.95. The first kappa shape index (κ1) is 21.6. The fraction of sp³-hybridized carbons (Fsp3) is 0.261. The van der Waals surface area contributed by atoms with Gasteiger partial charge in [0.2, 0.25) is 5.91 Å². The van der Waals surface area contributed by atoms with Crippen LogP contribution in [0, 0.1) is 11.6 Å². The summed E-state index contributed by atoms with van der Waals surface area (Å²) in [7, 11) is 0. The molecule has 1 aromatic heterocycles. The van der Waals surface area contributed by atoms with Gasteiger partial charge >= 0.3 is 5.69 Å². The van der Waals surface area contributed by atoms with Gasteiger partial charge in [-0.25, -0.2) is 13.6 Å². The first-order chi connectivity index (χ1) is 15.4. The Morgan fingerprint density at radius 3 is 1.88 bits per heavy atom. The molecule has 3 aromatic rings. The predicted octanol–water partition coefficient (Wildman–Crippen LogP) is 1.75. The number of piperazine rings is 1. The molecule has 32 heavy (non-hydrogen) atoms. The van der Waals surface area contributed by atoms with E-state index in [9.17, 15) is 23.2 Å². The average Bonchev–Trinajstić information content (AvgIpc) is 2.79. The van der Waals surface area contributed by atoms with Crippen molar-refractivity contribution in [1.82, 2.24) is 19.4 Å². The van der Waals surface area contributed by atoms with Crippen molar-refractivity contribution >= 4 is 5.91 Å². The number of hydrogen-bond donors (Lipinski definition) is 1. The molecule has 0 spiro atoms. The van der Waals surface area contributed by atoms with Gasteiger partial charge in [-0.05, 0) is 35.4 Å². The molecule has 0 unspecified atom stereocenters. The molecule has 1 N–H and O–H groups in total. The van der Waals surface area contributed by atoms with E-state index in [0.29, 0.717) is 26.2 Å². The third-order valence-corrected chi connectivity index (χ3v) is 5.61. The third kappa shape index (κ3) is 4.83. The Labute approximate surface area is 182 Å². The summed E-state index contributed by atoms with van der Waals surface area (Å²) in [6, 6.07) is 13.4. The van der Waals surface area contributed by atoms with Gasteiger partial charge in [0.1, 0.15) is 18.2 Å². The molecule has 1 fully saturated rings. The summed E-state index contributed by atoms with van der Waals surface area (Å²) in [5.41, 5.74) is 0.604. The van der Waals surface area contributed by atoms with Crippen LogP contribution in [0.25, 0.3) is 0 Å². The second-order valence-corrected chi connectivity index (χ2v) is 7.66. The van der Waals surface area contributed by atoms with Crippen molar-refractivity contribution in [2.75, 3.05) is 26.2 Å². The molecule has 1 aliphatic heterocycles. The van der Waals surface area contributed by atoms with Crippen molar-refractivity contribution < 1.29 is 13.6 Å². The molecule has 4 rings (SSSR count). The van der Waals surface area contributed by atoms with Crippen LogP contribution in [-0.4, -0.2) is 51.4 Å². The molecule has 9 heteroatoms. The third-order valence-electron chi connectivity index (χ3n) is 5.61. The van der Waals surface area contributed by atoms with Crippen molar-refractivity contribution in [3.05, 3.63) is 104 Å². The zero-order chi connectivity index (χ0) is 22.7. The van der Waals surface area contributed by atoms with Crippen LogP contribution in [0.2, 0.25) is 0 Å². The van der Waals surface area contributed by atoms with Gasteiger partial charge in [0.15, 0.2) is 0 Å². The Morgan fingerprint density at radius 1 is 0.844 bits per heavy atom. The summed E-state index contributed by atoms with van der Waals surface area (Å²) in [5, 5.41) is 0. The highest BCUT2D eigenvalue weighted by Crippen LogP contribution is 2.30. The molecule has 1 saturated heterocycles. The summed E-state index contributed by atoms with van der Waals surface area (Å²) in [6.45, 7) is 1.82. The summed E-state index contributed by atoms with van der Waals surface area (Å²) >= 11 is 0. The normalized spacial score (nSPS) is 14.7. The first-order valence-corrected chi connectivity index (χ1v) is 10.2. The van der Waals surface area contributed by atoms with E-state index in [0.717, 1.165) is 15.7 Å². The Hall–Kier alpha value is -3.59. The van der Waals surface area contributed by atoms with E-state index in [4.69, 9.17) is 0 Å². The number of nitrogens with one attached hydrogen (secondary N) is 1. The highest BCUT2D eigenvalue weighted by molar-refractivity contribution is 5.76. The summed E-state index contributed by atoms with van der Waals surface area (Å²) in [6.07, 6.45) is 1.30. The van der Waals surface area contributed by atoms with E-state index in [1.165, 1.54) is 36.5 Å². The molecule has 1 amide bonds. The second kappa shape index (κ2) is 9.27. The maximum atomic E-state index is 13.5. The molecule has 2 aromatic carbocycles. The average molecular weight is 440 g/mol. The lowest BCUT2D eigenvalue weighted by molar-refractivity contribution is -0.133. The van der Waals surface area contributed by atoms with E-state index < -0.39 is 11.2 Å². The standard InChI is InChI=1S/C23H22F2N4O3/c24-18-5-1-16(2-6-18)22(17-3-7-19(25)8-4-17)28-13-11-27(12-14-28)21(31)15-29-10-9-20(30)26-23(29)32/h1-10,22H,11-15H2,(H,26,30,32). The molecular weight excluding hydrogens is 418 g/mol. The van der Waals surface area contributed by atoms with E-state index in [1.54, 1.807) is 29.2 Å². The van der Waals surface area contributed by atoms with Crippen LogP contribution in [0.3, 0.4) is 0 Å². The van der Waals surface area contributed by atoms with Crippen LogP contribution in [0.1, 0.15) is 17.2 Å². The molecule has 0 bridgehead atoms. The van der Waals surface area contributed by atoms with Gasteiger partial charge in [-0.1, -0.05) is 24.3 Å². The lowest BCUT2D eigenvalue weighted by Crippen LogP contribution is -2.51.